The normalized spacial score (nSPS) is 12.7. The predicted molar refractivity (Wildman–Crippen MR) is 294 cm³/mol. The zero-order valence-corrected chi connectivity index (χ0v) is 40.2. The third kappa shape index (κ3) is 7.36. The molecule has 0 spiro atoms. The number of nitrogens with zero attached hydrogens (tertiary/aromatic N) is 2. The fourth-order valence-corrected chi connectivity index (χ4v) is 11.3. The van der Waals surface area contributed by atoms with Gasteiger partial charge in [0.15, 0.2) is 0 Å². The van der Waals surface area contributed by atoms with E-state index in [9.17, 15) is 8.78 Å². The van der Waals surface area contributed by atoms with Crippen molar-refractivity contribution in [1.82, 2.24) is 0 Å². The van der Waals surface area contributed by atoms with Crippen LogP contribution in [0.5, 0.6) is 0 Å². The second-order valence-electron chi connectivity index (χ2n) is 19.6. The lowest BCUT2D eigenvalue weighted by Crippen LogP contribution is -2.29. The molecule has 0 N–H and O–H groups in total. The molecule has 0 radical (unpaired) electrons. The van der Waals surface area contributed by atoms with Crippen LogP contribution in [0.25, 0.3) is 43.4 Å². The van der Waals surface area contributed by atoms with Crippen molar-refractivity contribution in [3.63, 3.8) is 0 Å². The highest BCUT2D eigenvalue weighted by atomic mass is 19.1. The summed E-state index contributed by atoms with van der Waals surface area (Å²) in [4.78, 5) is 4.46. The Hall–Kier alpha value is -8.34. The van der Waals surface area contributed by atoms with Crippen LogP contribution in [0.1, 0.15) is 72.9 Å². The molecule has 0 aliphatic heterocycles. The number of halogens is 2. The van der Waals surface area contributed by atoms with Crippen LogP contribution in [0.4, 0.5) is 42.9 Å². The maximum Gasteiger partial charge on any atom is 0.123 e. The summed E-state index contributed by atoms with van der Waals surface area (Å²) in [5, 5.41) is 6.87. The molecule has 0 unspecified atom stereocenters. The molecule has 1 aliphatic rings. The molecule has 2 nitrogen and oxygen atoms in total. The van der Waals surface area contributed by atoms with Crippen LogP contribution in [0.15, 0.2) is 231 Å². The number of fused-ring (bicyclic) bond motifs is 9. The standard InChI is InChI=1S/C67H52F2N2/c1-43(2)45-19-28-53(29-20-45)70(55-33-24-51(68)25-34-55)57-32-23-47-40-63-64(41-48(47)39-57)67(49-13-7-5-8-14-49,50-15-9-6-10-16-50)66-61-38-37-58(42-62(61)59-17-11-12-18-60(59)65(63)66)71(56-35-26-52(69)27-36-56)54-30-21-46(22-31-54)44(3)4/h5-44H,1-4H3. The van der Waals surface area contributed by atoms with E-state index in [4.69, 9.17) is 0 Å². The van der Waals surface area contributed by atoms with E-state index in [-0.39, 0.29) is 11.6 Å². The van der Waals surface area contributed by atoms with Gasteiger partial charge in [-0.3, -0.25) is 0 Å². The van der Waals surface area contributed by atoms with E-state index in [0.29, 0.717) is 11.8 Å². The van der Waals surface area contributed by atoms with Gasteiger partial charge < -0.3 is 9.80 Å². The van der Waals surface area contributed by atoms with Gasteiger partial charge in [-0.1, -0.05) is 149 Å². The van der Waals surface area contributed by atoms with Crippen molar-refractivity contribution >= 4 is 66.4 Å². The third-order valence-corrected chi connectivity index (χ3v) is 14.8. The van der Waals surface area contributed by atoms with Crippen LogP contribution >= 0.6 is 0 Å². The maximum atomic E-state index is 14.6. The maximum absolute atomic E-state index is 14.6. The van der Waals surface area contributed by atoms with Gasteiger partial charge in [0, 0.05) is 34.1 Å². The molecule has 1 aliphatic carbocycles. The van der Waals surface area contributed by atoms with E-state index in [2.05, 4.69) is 219 Å². The molecule has 0 heterocycles. The summed E-state index contributed by atoms with van der Waals surface area (Å²) < 4.78 is 29.1. The molecule has 12 rings (SSSR count). The Labute approximate surface area is 414 Å². The average Bonchev–Trinajstić information content (AvgIpc) is 3.71. The number of hydrogen-bond acceptors (Lipinski definition) is 2. The van der Waals surface area contributed by atoms with Crippen LogP contribution in [0.3, 0.4) is 0 Å². The summed E-state index contributed by atoms with van der Waals surface area (Å²) in [6.07, 6.45) is 0. The minimum absolute atomic E-state index is 0.270. The summed E-state index contributed by atoms with van der Waals surface area (Å²) in [6.45, 7) is 8.83. The molecule has 0 bridgehead atoms. The highest BCUT2D eigenvalue weighted by molar-refractivity contribution is 6.20. The summed E-state index contributed by atoms with van der Waals surface area (Å²) in [6, 6.07) is 80.4. The van der Waals surface area contributed by atoms with Gasteiger partial charge in [-0.2, -0.15) is 0 Å². The topological polar surface area (TPSA) is 6.48 Å². The number of anilines is 6. The van der Waals surface area contributed by atoms with Crippen molar-refractivity contribution < 1.29 is 8.78 Å². The smallest absolute Gasteiger partial charge is 0.123 e. The summed E-state index contributed by atoms with van der Waals surface area (Å²) in [7, 11) is 0. The van der Waals surface area contributed by atoms with Crippen molar-refractivity contribution in [2.75, 3.05) is 9.80 Å². The lowest BCUT2D eigenvalue weighted by atomic mass is 9.66. The van der Waals surface area contributed by atoms with Gasteiger partial charge in [-0.15, -0.1) is 0 Å². The van der Waals surface area contributed by atoms with E-state index in [1.165, 1.54) is 74.2 Å². The van der Waals surface area contributed by atoms with E-state index in [1.54, 1.807) is 0 Å². The number of rotatable bonds is 10. The van der Waals surface area contributed by atoms with Crippen molar-refractivity contribution in [3.05, 3.63) is 276 Å². The van der Waals surface area contributed by atoms with E-state index >= 15 is 0 Å². The molecule has 344 valence electrons. The number of hydrogen-bond donors (Lipinski definition) is 0. The SMILES string of the molecule is CC(C)c1ccc(N(c2ccc(F)cc2)c2ccc3cc4c(cc3c2)C(c2ccccc2)(c2ccccc2)c2c-4c3ccccc3c3cc(N(c4ccc(F)cc4)c4ccc(C(C)C)cc4)ccc23)cc1. The molecule has 11 aromatic carbocycles. The van der Waals surface area contributed by atoms with Gasteiger partial charge in [0.05, 0.1) is 5.41 Å². The Balaban J connectivity index is 1.14. The zero-order chi connectivity index (χ0) is 48.4. The molecule has 0 aromatic heterocycles. The molecular formula is C67H52F2N2. The highest BCUT2D eigenvalue weighted by Crippen LogP contribution is 2.61. The molecule has 0 saturated heterocycles. The van der Waals surface area contributed by atoms with Crippen LogP contribution in [0.2, 0.25) is 0 Å². The fraction of sp³-hybridized carbons (Fsp3) is 0.104. The molecule has 0 atom stereocenters. The van der Waals surface area contributed by atoms with Crippen molar-refractivity contribution in [1.29, 1.82) is 0 Å². The highest BCUT2D eigenvalue weighted by Gasteiger charge is 2.48. The first kappa shape index (κ1) is 43.9. The Kier molecular flexibility index (Phi) is 10.9. The Morgan fingerprint density at radius 3 is 1.30 bits per heavy atom. The van der Waals surface area contributed by atoms with Crippen molar-refractivity contribution in [3.8, 4) is 11.1 Å². The zero-order valence-electron chi connectivity index (χ0n) is 40.2. The minimum atomic E-state index is -0.728. The van der Waals surface area contributed by atoms with Gasteiger partial charge in [-0.05, 0) is 198 Å². The van der Waals surface area contributed by atoms with Gasteiger partial charge in [0.2, 0.25) is 0 Å². The minimum Gasteiger partial charge on any atom is -0.310 e. The molecule has 4 heteroatoms. The summed E-state index contributed by atoms with van der Waals surface area (Å²) in [5.41, 5.74) is 14.8. The first-order chi connectivity index (χ1) is 34.7. The lowest BCUT2D eigenvalue weighted by Gasteiger charge is -2.35. The van der Waals surface area contributed by atoms with E-state index in [0.717, 1.165) is 61.1 Å². The molecule has 11 aromatic rings. The van der Waals surface area contributed by atoms with E-state index in [1.807, 2.05) is 24.3 Å². The van der Waals surface area contributed by atoms with Crippen LogP contribution in [0, 0.1) is 11.6 Å². The first-order valence-corrected chi connectivity index (χ1v) is 24.7. The Morgan fingerprint density at radius 2 is 0.789 bits per heavy atom. The second kappa shape index (κ2) is 17.6. The molecule has 0 amide bonds. The van der Waals surface area contributed by atoms with E-state index < -0.39 is 5.41 Å². The second-order valence-corrected chi connectivity index (χ2v) is 19.6. The average molecular weight is 923 g/mol. The Morgan fingerprint density at radius 1 is 0.352 bits per heavy atom. The van der Waals surface area contributed by atoms with Gasteiger partial charge in [-0.25, -0.2) is 8.78 Å². The third-order valence-electron chi connectivity index (χ3n) is 14.8. The Bertz CT molecular complexity index is 3710. The van der Waals surface area contributed by atoms with Gasteiger partial charge >= 0.3 is 0 Å². The van der Waals surface area contributed by atoms with Crippen molar-refractivity contribution in [2.24, 2.45) is 0 Å². The van der Waals surface area contributed by atoms with Crippen LogP contribution in [-0.2, 0) is 5.41 Å². The molecule has 71 heavy (non-hydrogen) atoms. The monoisotopic (exact) mass is 922 g/mol. The molecular weight excluding hydrogens is 871 g/mol. The summed E-state index contributed by atoms with van der Waals surface area (Å²) >= 11 is 0. The van der Waals surface area contributed by atoms with Crippen molar-refractivity contribution in [2.45, 2.75) is 44.9 Å². The summed E-state index contributed by atoms with van der Waals surface area (Å²) in [5.74, 6) is 0.240. The largest absolute Gasteiger partial charge is 0.310 e. The molecule has 0 fully saturated rings. The van der Waals surface area contributed by atoms with Crippen LogP contribution in [-0.4, -0.2) is 0 Å². The fourth-order valence-electron chi connectivity index (χ4n) is 11.3. The van der Waals surface area contributed by atoms with Gasteiger partial charge in [0.1, 0.15) is 11.6 Å². The molecule has 0 saturated carbocycles. The predicted octanol–water partition coefficient (Wildman–Crippen LogP) is 19.0. The first-order valence-electron chi connectivity index (χ1n) is 24.7. The number of benzene rings is 11. The lowest BCUT2D eigenvalue weighted by molar-refractivity contribution is 0.627. The van der Waals surface area contributed by atoms with Crippen LogP contribution < -0.4 is 9.80 Å². The quantitative estimate of drug-likeness (QED) is 0.126. The van der Waals surface area contributed by atoms with Gasteiger partial charge in [0.25, 0.3) is 0 Å².